The molecule has 0 saturated carbocycles. The Morgan fingerprint density at radius 2 is 2.00 bits per heavy atom. The zero-order valence-electron chi connectivity index (χ0n) is 13.4. The van der Waals surface area contributed by atoms with Gasteiger partial charge in [0.2, 0.25) is 21.8 Å². The molecule has 1 aromatic heterocycles. The first-order valence-electron chi connectivity index (χ1n) is 7.53. The average molecular weight is 350 g/mol. The Bertz CT molecular complexity index is 845. The van der Waals surface area contributed by atoms with E-state index in [1.807, 2.05) is 31.2 Å². The predicted octanol–water partition coefficient (Wildman–Crippen LogP) is 1.41. The second-order valence-corrected chi connectivity index (χ2v) is 7.73. The standard InChI is InChI=1S/C15H18N4O4S/c1-10-5-7-11(8-6-10)14-17-18-15(23-14)16-13(20)12-4-3-9-19(12)24(2,21)22/h5-8,12H,3-4,9H2,1-2H3,(H,16,18,20)/t12-/m0/s1. The summed E-state index contributed by atoms with van der Waals surface area (Å²) in [5.41, 5.74) is 1.85. The Kier molecular flexibility index (Phi) is 4.37. The molecular weight excluding hydrogens is 332 g/mol. The molecule has 2 aromatic rings. The van der Waals surface area contributed by atoms with Crippen molar-refractivity contribution in [1.29, 1.82) is 0 Å². The van der Waals surface area contributed by atoms with E-state index >= 15 is 0 Å². The number of anilines is 1. The van der Waals surface area contributed by atoms with Gasteiger partial charge in [-0.2, -0.15) is 4.31 Å². The molecule has 24 heavy (non-hydrogen) atoms. The van der Waals surface area contributed by atoms with Gasteiger partial charge in [0, 0.05) is 12.1 Å². The summed E-state index contributed by atoms with van der Waals surface area (Å²) >= 11 is 0. The van der Waals surface area contributed by atoms with Crippen molar-refractivity contribution < 1.29 is 17.6 Å². The molecule has 1 aromatic carbocycles. The van der Waals surface area contributed by atoms with E-state index in [1.165, 1.54) is 4.31 Å². The molecule has 0 aliphatic carbocycles. The van der Waals surface area contributed by atoms with Crippen LogP contribution in [0.3, 0.4) is 0 Å². The minimum Gasteiger partial charge on any atom is -0.403 e. The van der Waals surface area contributed by atoms with Crippen LogP contribution in [0.25, 0.3) is 11.5 Å². The van der Waals surface area contributed by atoms with Gasteiger partial charge in [-0.1, -0.05) is 22.8 Å². The van der Waals surface area contributed by atoms with Crippen molar-refractivity contribution in [1.82, 2.24) is 14.5 Å². The third-order valence-corrected chi connectivity index (χ3v) is 5.17. The molecule has 8 nitrogen and oxygen atoms in total. The van der Waals surface area contributed by atoms with Crippen LogP contribution in [0.5, 0.6) is 0 Å². The fourth-order valence-corrected chi connectivity index (χ4v) is 3.80. The topological polar surface area (TPSA) is 105 Å². The third kappa shape index (κ3) is 3.46. The van der Waals surface area contributed by atoms with E-state index < -0.39 is 22.0 Å². The highest BCUT2D eigenvalue weighted by atomic mass is 32.2. The van der Waals surface area contributed by atoms with Gasteiger partial charge >= 0.3 is 6.01 Å². The van der Waals surface area contributed by atoms with Crippen LogP contribution in [0.1, 0.15) is 18.4 Å². The predicted molar refractivity (Wildman–Crippen MR) is 87.7 cm³/mol. The largest absolute Gasteiger partial charge is 0.403 e. The summed E-state index contributed by atoms with van der Waals surface area (Å²) in [6.07, 6.45) is 2.21. The fraction of sp³-hybridized carbons (Fsp3) is 0.400. The molecule has 1 aliphatic heterocycles. The summed E-state index contributed by atoms with van der Waals surface area (Å²) in [5, 5.41) is 10.2. The van der Waals surface area contributed by atoms with Crippen LogP contribution in [0.4, 0.5) is 6.01 Å². The molecule has 2 heterocycles. The fourth-order valence-electron chi connectivity index (χ4n) is 2.67. The van der Waals surface area contributed by atoms with E-state index in [9.17, 15) is 13.2 Å². The Hall–Kier alpha value is -2.26. The van der Waals surface area contributed by atoms with Gasteiger partial charge in [-0.05, 0) is 31.9 Å². The molecule has 0 bridgehead atoms. The molecule has 1 N–H and O–H groups in total. The summed E-state index contributed by atoms with van der Waals surface area (Å²) in [4.78, 5) is 12.3. The smallest absolute Gasteiger partial charge is 0.322 e. The van der Waals surface area contributed by atoms with Gasteiger partial charge < -0.3 is 4.42 Å². The van der Waals surface area contributed by atoms with E-state index in [4.69, 9.17) is 4.42 Å². The van der Waals surface area contributed by atoms with Crippen LogP contribution in [0.2, 0.25) is 0 Å². The van der Waals surface area contributed by atoms with Gasteiger partial charge in [-0.3, -0.25) is 10.1 Å². The molecule has 1 atom stereocenters. The molecular formula is C15H18N4O4S. The van der Waals surface area contributed by atoms with Crippen LogP contribution in [0.15, 0.2) is 28.7 Å². The Morgan fingerprint density at radius 3 is 2.67 bits per heavy atom. The maximum Gasteiger partial charge on any atom is 0.322 e. The minimum atomic E-state index is -3.43. The number of benzene rings is 1. The highest BCUT2D eigenvalue weighted by Crippen LogP contribution is 2.23. The first-order valence-corrected chi connectivity index (χ1v) is 9.37. The number of carbonyl (C=O) groups is 1. The molecule has 3 rings (SSSR count). The van der Waals surface area contributed by atoms with Crippen molar-refractivity contribution in [3.8, 4) is 11.5 Å². The molecule has 1 aliphatic rings. The Morgan fingerprint density at radius 1 is 1.29 bits per heavy atom. The normalized spacial score (nSPS) is 18.7. The number of aryl methyl sites for hydroxylation is 1. The highest BCUT2D eigenvalue weighted by molar-refractivity contribution is 7.88. The maximum absolute atomic E-state index is 12.3. The number of aromatic nitrogens is 2. The summed E-state index contributed by atoms with van der Waals surface area (Å²) in [5.74, 6) is -0.172. The lowest BCUT2D eigenvalue weighted by atomic mass is 10.1. The highest BCUT2D eigenvalue weighted by Gasteiger charge is 2.36. The Labute approximate surface area is 139 Å². The number of sulfonamides is 1. The molecule has 1 fully saturated rings. The van der Waals surface area contributed by atoms with Gasteiger partial charge in [-0.25, -0.2) is 8.42 Å². The van der Waals surface area contributed by atoms with Gasteiger partial charge in [0.1, 0.15) is 6.04 Å². The number of rotatable bonds is 4. The van der Waals surface area contributed by atoms with Crippen LogP contribution in [-0.2, 0) is 14.8 Å². The molecule has 0 spiro atoms. The van der Waals surface area contributed by atoms with Crippen LogP contribution >= 0.6 is 0 Å². The molecule has 1 saturated heterocycles. The minimum absolute atomic E-state index is 0.0454. The van der Waals surface area contributed by atoms with Crippen molar-refractivity contribution in [3.63, 3.8) is 0 Å². The second-order valence-electron chi connectivity index (χ2n) is 5.80. The lowest BCUT2D eigenvalue weighted by Crippen LogP contribution is -2.42. The number of nitrogens with one attached hydrogen (secondary N) is 1. The summed E-state index contributed by atoms with van der Waals surface area (Å²) in [6, 6.07) is 6.74. The Balaban J connectivity index is 1.72. The van der Waals surface area contributed by atoms with Crippen molar-refractivity contribution >= 4 is 21.9 Å². The first kappa shape index (κ1) is 16.6. The number of hydrogen-bond acceptors (Lipinski definition) is 6. The number of carbonyl (C=O) groups excluding carboxylic acids is 1. The number of nitrogens with zero attached hydrogens (tertiary/aromatic N) is 3. The van der Waals surface area contributed by atoms with Gasteiger partial charge in [0.25, 0.3) is 0 Å². The van der Waals surface area contributed by atoms with Crippen LogP contribution in [-0.4, -0.2) is 47.7 Å². The lowest BCUT2D eigenvalue weighted by Gasteiger charge is -2.20. The molecule has 128 valence electrons. The molecule has 0 unspecified atom stereocenters. The molecule has 0 radical (unpaired) electrons. The summed E-state index contributed by atoms with van der Waals surface area (Å²) in [6.45, 7) is 2.31. The van der Waals surface area contributed by atoms with E-state index in [2.05, 4.69) is 15.5 Å². The average Bonchev–Trinajstić information content (AvgIpc) is 3.16. The van der Waals surface area contributed by atoms with E-state index in [1.54, 1.807) is 0 Å². The van der Waals surface area contributed by atoms with Gasteiger partial charge in [0.15, 0.2) is 0 Å². The van der Waals surface area contributed by atoms with Gasteiger partial charge in [-0.15, -0.1) is 5.10 Å². The van der Waals surface area contributed by atoms with E-state index in [0.717, 1.165) is 17.4 Å². The molecule has 9 heteroatoms. The molecule has 1 amide bonds. The van der Waals surface area contributed by atoms with Crippen molar-refractivity contribution in [3.05, 3.63) is 29.8 Å². The van der Waals surface area contributed by atoms with E-state index in [0.29, 0.717) is 19.4 Å². The van der Waals surface area contributed by atoms with Crippen molar-refractivity contribution in [2.24, 2.45) is 0 Å². The number of amides is 1. The van der Waals surface area contributed by atoms with Gasteiger partial charge in [0.05, 0.1) is 6.26 Å². The maximum atomic E-state index is 12.3. The van der Waals surface area contributed by atoms with Crippen LogP contribution < -0.4 is 5.32 Å². The zero-order valence-corrected chi connectivity index (χ0v) is 14.2. The number of hydrogen-bond donors (Lipinski definition) is 1. The monoisotopic (exact) mass is 350 g/mol. The SMILES string of the molecule is Cc1ccc(-c2nnc(NC(=O)[C@@H]3CCCN3S(C)(=O)=O)o2)cc1. The first-order chi connectivity index (χ1) is 11.3. The van der Waals surface area contributed by atoms with Crippen molar-refractivity contribution in [2.75, 3.05) is 18.1 Å². The van der Waals surface area contributed by atoms with Crippen molar-refractivity contribution in [2.45, 2.75) is 25.8 Å². The summed E-state index contributed by atoms with van der Waals surface area (Å²) in [7, 11) is -3.43. The quantitative estimate of drug-likeness (QED) is 0.894. The lowest BCUT2D eigenvalue weighted by molar-refractivity contribution is -0.119. The van der Waals surface area contributed by atoms with E-state index in [-0.39, 0.29) is 11.9 Å². The van der Waals surface area contributed by atoms with Crippen LogP contribution in [0, 0.1) is 6.92 Å². The second kappa shape index (κ2) is 6.33. The third-order valence-electron chi connectivity index (χ3n) is 3.89. The summed E-state index contributed by atoms with van der Waals surface area (Å²) < 4.78 is 30.1. The zero-order chi connectivity index (χ0) is 17.3.